The minimum atomic E-state index is -3.89. The van der Waals surface area contributed by atoms with E-state index in [9.17, 15) is 13.2 Å². The molecule has 0 aliphatic carbocycles. The summed E-state index contributed by atoms with van der Waals surface area (Å²) >= 11 is 0. The Kier molecular flexibility index (Phi) is 7.55. The van der Waals surface area contributed by atoms with Gasteiger partial charge in [-0.3, -0.25) is 0 Å². The lowest BCUT2D eigenvalue weighted by Crippen LogP contribution is -2.38. The van der Waals surface area contributed by atoms with Gasteiger partial charge in [-0.1, -0.05) is 32.3 Å². The summed E-state index contributed by atoms with van der Waals surface area (Å²) in [6, 6.07) is 4.89. The van der Waals surface area contributed by atoms with E-state index in [4.69, 9.17) is 4.74 Å². The highest BCUT2D eigenvalue weighted by Crippen LogP contribution is 2.20. The first-order valence-electron chi connectivity index (χ1n) is 8.11. The number of ether oxygens (including phenoxy) is 1. The van der Waals surface area contributed by atoms with Crippen LogP contribution in [0.1, 0.15) is 50.7 Å². The van der Waals surface area contributed by atoms with Gasteiger partial charge in [0.1, 0.15) is 0 Å². The summed E-state index contributed by atoms with van der Waals surface area (Å²) in [6.07, 6.45) is 2.78. The van der Waals surface area contributed by atoms with Crippen LogP contribution in [0.2, 0.25) is 0 Å². The Balaban J connectivity index is 3.06. The summed E-state index contributed by atoms with van der Waals surface area (Å²) in [7, 11) is -3.89. The molecule has 5 nitrogen and oxygen atoms in total. The number of rotatable bonds is 8. The molecular weight excluding hydrogens is 314 g/mol. The molecule has 0 bridgehead atoms. The molecule has 1 rings (SSSR count). The Morgan fingerprint density at radius 2 is 1.78 bits per heavy atom. The van der Waals surface area contributed by atoms with Crippen molar-refractivity contribution >= 4 is 16.1 Å². The topological polar surface area (TPSA) is 63.7 Å². The minimum absolute atomic E-state index is 0.129. The van der Waals surface area contributed by atoms with Crippen molar-refractivity contribution in [3.8, 4) is 0 Å². The maximum absolute atomic E-state index is 12.8. The molecule has 1 amide bonds. The number of carbonyl (C=O) groups excluding carboxylic acids is 1. The van der Waals surface area contributed by atoms with E-state index in [1.807, 2.05) is 13.8 Å². The Hall–Kier alpha value is -1.56. The zero-order chi connectivity index (χ0) is 17.5. The van der Waals surface area contributed by atoms with Gasteiger partial charge in [0.25, 0.3) is 10.0 Å². The van der Waals surface area contributed by atoms with Gasteiger partial charge in [0.15, 0.2) is 0 Å². The SMILES string of the molecule is CCCCCCN(C(=O)OCC)S(=O)(=O)c1ccc(C)c(C)c1. The van der Waals surface area contributed by atoms with Crippen molar-refractivity contribution in [3.63, 3.8) is 0 Å². The van der Waals surface area contributed by atoms with E-state index in [1.165, 1.54) is 6.07 Å². The van der Waals surface area contributed by atoms with Crippen LogP contribution in [0.5, 0.6) is 0 Å². The number of sulfonamides is 1. The second-order valence-corrected chi connectivity index (χ2v) is 7.45. The normalized spacial score (nSPS) is 11.3. The van der Waals surface area contributed by atoms with Gasteiger partial charge in [-0.05, 0) is 50.5 Å². The Labute approximate surface area is 139 Å². The highest BCUT2D eigenvalue weighted by molar-refractivity contribution is 7.89. The van der Waals surface area contributed by atoms with E-state index in [-0.39, 0.29) is 18.0 Å². The molecule has 6 heteroatoms. The van der Waals surface area contributed by atoms with Gasteiger partial charge in [-0.25, -0.2) is 17.5 Å². The molecule has 0 aromatic heterocycles. The molecule has 0 aliphatic rings. The third-order valence-corrected chi connectivity index (χ3v) is 5.51. The number of carbonyl (C=O) groups is 1. The predicted molar refractivity (Wildman–Crippen MR) is 91.0 cm³/mol. The van der Waals surface area contributed by atoms with E-state index >= 15 is 0 Å². The fourth-order valence-corrected chi connectivity index (χ4v) is 3.63. The van der Waals surface area contributed by atoms with Crippen molar-refractivity contribution in [2.45, 2.75) is 58.3 Å². The molecule has 0 saturated heterocycles. The largest absolute Gasteiger partial charge is 0.449 e. The number of hydrogen-bond donors (Lipinski definition) is 0. The van der Waals surface area contributed by atoms with E-state index < -0.39 is 16.1 Å². The molecule has 23 heavy (non-hydrogen) atoms. The van der Waals surface area contributed by atoms with Crippen molar-refractivity contribution in [2.75, 3.05) is 13.2 Å². The summed E-state index contributed by atoms with van der Waals surface area (Å²) in [4.78, 5) is 12.2. The van der Waals surface area contributed by atoms with Crippen molar-refractivity contribution in [1.82, 2.24) is 4.31 Å². The number of hydrogen-bond acceptors (Lipinski definition) is 4. The third-order valence-electron chi connectivity index (χ3n) is 3.75. The first-order valence-corrected chi connectivity index (χ1v) is 9.55. The molecule has 0 spiro atoms. The number of amides is 1. The Morgan fingerprint density at radius 3 is 2.35 bits per heavy atom. The second-order valence-electron chi connectivity index (χ2n) is 5.58. The van der Waals surface area contributed by atoms with Gasteiger partial charge in [0.2, 0.25) is 0 Å². The van der Waals surface area contributed by atoms with Crippen LogP contribution in [0.3, 0.4) is 0 Å². The third kappa shape index (κ3) is 5.23. The molecule has 0 aliphatic heterocycles. The van der Waals surface area contributed by atoms with Crippen LogP contribution in [-0.2, 0) is 14.8 Å². The Bertz CT molecular complexity index is 625. The van der Waals surface area contributed by atoms with Crippen LogP contribution in [-0.4, -0.2) is 32.0 Å². The molecule has 0 N–H and O–H groups in total. The summed E-state index contributed by atoms with van der Waals surface area (Å²) in [5.74, 6) is 0. The maximum Gasteiger partial charge on any atom is 0.423 e. The molecule has 0 heterocycles. The van der Waals surface area contributed by atoms with Crippen LogP contribution < -0.4 is 0 Å². The zero-order valence-corrected chi connectivity index (χ0v) is 15.3. The lowest BCUT2D eigenvalue weighted by atomic mass is 10.1. The molecule has 0 fully saturated rings. The minimum Gasteiger partial charge on any atom is -0.449 e. The second kappa shape index (κ2) is 8.91. The molecule has 0 saturated carbocycles. The summed E-state index contributed by atoms with van der Waals surface area (Å²) in [6.45, 7) is 7.80. The molecule has 130 valence electrons. The highest BCUT2D eigenvalue weighted by atomic mass is 32.2. The zero-order valence-electron chi connectivity index (χ0n) is 14.5. The quantitative estimate of drug-likeness (QED) is 0.670. The lowest BCUT2D eigenvalue weighted by Gasteiger charge is -2.22. The Morgan fingerprint density at radius 1 is 1.09 bits per heavy atom. The van der Waals surface area contributed by atoms with Gasteiger partial charge in [0.05, 0.1) is 11.5 Å². The highest BCUT2D eigenvalue weighted by Gasteiger charge is 2.30. The van der Waals surface area contributed by atoms with Gasteiger partial charge in [0, 0.05) is 6.54 Å². The van der Waals surface area contributed by atoms with Crippen LogP contribution in [0.15, 0.2) is 23.1 Å². The first kappa shape index (κ1) is 19.5. The van der Waals surface area contributed by atoms with Crippen LogP contribution in [0, 0.1) is 13.8 Å². The molecule has 1 aromatic rings. The average Bonchev–Trinajstić information content (AvgIpc) is 2.49. The fraction of sp³-hybridized carbons (Fsp3) is 0.588. The fourth-order valence-electron chi connectivity index (χ4n) is 2.19. The van der Waals surface area contributed by atoms with Crippen molar-refractivity contribution in [3.05, 3.63) is 29.3 Å². The molecule has 0 unspecified atom stereocenters. The number of unbranched alkanes of at least 4 members (excludes halogenated alkanes) is 3. The van der Waals surface area contributed by atoms with E-state index in [1.54, 1.807) is 19.1 Å². The van der Waals surface area contributed by atoms with Crippen LogP contribution in [0.25, 0.3) is 0 Å². The van der Waals surface area contributed by atoms with Crippen molar-refractivity contribution in [1.29, 1.82) is 0 Å². The molecule has 0 atom stereocenters. The van der Waals surface area contributed by atoms with Crippen molar-refractivity contribution < 1.29 is 17.9 Å². The van der Waals surface area contributed by atoms with E-state index in [0.717, 1.165) is 34.7 Å². The van der Waals surface area contributed by atoms with Crippen molar-refractivity contribution in [2.24, 2.45) is 0 Å². The van der Waals surface area contributed by atoms with Crippen LogP contribution in [0.4, 0.5) is 4.79 Å². The lowest BCUT2D eigenvalue weighted by molar-refractivity contribution is 0.130. The molecular formula is C17H27NO4S. The number of benzene rings is 1. The van der Waals surface area contributed by atoms with Gasteiger partial charge < -0.3 is 4.74 Å². The summed E-state index contributed by atoms with van der Waals surface area (Å²) < 4.78 is 31.4. The monoisotopic (exact) mass is 341 g/mol. The smallest absolute Gasteiger partial charge is 0.423 e. The number of aryl methyl sites for hydroxylation is 2. The van der Waals surface area contributed by atoms with Crippen LogP contribution >= 0.6 is 0 Å². The summed E-state index contributed by atoms with van der Waals surface area (Å²) in [5.41, 5.74) is 1.88. The van der Waals surface area contributed by atoms with Gasteiger partial charge >= 0.3 is 6.09 Å². The van der Waals surface area contributed by atoms with Gasteiger partial charge in [-0.2, -0.15) is 0 Å². The predicted octanol–water partition coefficient (Wildman–Crippen LogP) is 4.03. The van der Waals surface area contributed by atoms with E-state index in [0.29, 0.717) is 6.42 Å². The number of nitrogens with zero attached hydrogens (tertiary/aromatic N) is 1. The molecule has 1 aromatic carbocycles. The van der Waals surface area contributed by atoms with E-state index in [2.05, 4.69) is 6.92 Å². The average molecular weight is 341 g/mol. The maximum atomic E-state index is 12.8. The van der Waals surface area contributed by atoms with Gasteiger partial charge in [-0.15, -0.1) is 0 Å². The summed E-state index contributed by atoms with van der Waals surface area (Å²) in [5, 5.41) is 0. The standard InChI is InChI=1S/C17H27NO4S/c1-5-7-8-9-12-18(17(19)22-6-2)23(20,21)16-11-10-14(3)15(4)13-16/h10-11,13H,5-9,12H2,1-4H3. The molecule has 0 radical (unpaired) electrons. The first-order chi connectivity index (χ1) is 10.8.